The fourth-order valence-corrected chi connectivity index (χ4v) is 3.21. The maximum Gasteiger partial charge on any atom is 0.193 e. The van der Waals surface area contributed by atoms with Crippen LogP contribution >= 0.6 is 0 Å². The molecule has 0 spiro atoms. The number of hydrogen-bond acceptors (Lipinski definition) is 3. The van der Waals surface area contributed by atoms with Gasteiger partial charge in [0.1, 0.15) is 0 Å². The lowest BCUT2D eigenvalue weighted by molar-refractivity contribution is 0.157. The predicted molar refractivity (Wildman–Crippen MR) is 94.5 cm³/mol. The maximum atomic E-state index is 5.29. The second-order valence-corrected chi connectivity index (χ2v) is 6.72. The Morgan fingerprint density at radius 2 is 2.00 bits per heavy atom. The van der Waals surface area contributed by atoms with Crippen LogP contribution < -0.4 is 5.32 Å². The Bertz CT molecular complexity index is 323. The monoisotopic (exact) mass is 312 g/mol. The molecule has 1 aliphatic heterocycles. The van der Waals surface area contributed by atoms with Crippen molar-refractivity contribution in [2.75, 3.05) is 46.4 Å². The van der Waals surface area contributed by atoms with E-state index in [2.05, 4.69) is 49.7 Å². The van der Waals surface area contributed by atoms with Gasteiger partial charge in [0.15, 0.2) is 5.96 Å². The van der Waals surface area contributed by atoms with Crippen molar-refractivity contribution in [2.45, 2.75) is 53.1 Å². The maximum absolute atomic E-state index is 5.29. The molecule has 0 aliphatic carbocycles. The average molecular weight is 313 g/mol. The van der Waals surface area contributed by atoms with Crippen LogP contribution in [-0.4, -0.2) is 74.3 Å². The van der Waals surface area contributed by atoms with Crippen LogP contribution in [0.3, 0.4) is 0 Å². The molecule has 0 aromatic carbocycles. The number of guanidine groups is 1. The van der Waals surface area contributed by atoms with Gasteiger partial charge in [0.2, 0.25) is 0 Å². The zero-order valence-electron chi connectivity index (χ0n) is 15.4. The Hall–Kier alpha value is -0.810. The van der Waals surface area contributed by atoms with Crippen LogP contribution in [0.4, 0.5) is 0 Å². The Labute approximate surface area is 137 Å². The Morgan fingerprint density at radius 1 is 1.32 bits per heavy atom. The summed E-state index contributed by atoms with van der Waals surface area (Å²) in [5.74, 6) is 1.70. The van der Waals surface area contributed by atoms with Gasteiger partial charge in [-0.25, -0.2) is 0 Å². The van der Waals surface area contributed by atoms with Crippen molar-refractivity contribution in [3.05, 3.63) is 0 Å². The molecule has 5 heteroatoms. The molecule has 1 unspecified atom stereocenters. The molecule has 0 bridgehead atoms. The number of aliphatic imine (C=N–C) groups is 1. The van der Waals surface area contributed by atoms with Crippen molar-refractivity contribution in [3.8, 4) is 0 Å². The van der Waals surface area contributed by atoms with Gasteiger partial charge in [-0.15, -0.1) is 0 Å². The second-order valence-electron chi connectivity index (χ2n) is 6.72. The van der Waals surface area contributed by atoms with Gasteiger partial charge in [0, 0.05) is 51.3 Å². The van der Waals surface area contributed by atoms with Gasteiger partial charge in [-0.2, -0.15) is 0 Å². The predicted octanol–water partition coefficient (Wildman–Crippen LogP) is 2.04. The Kier molecular flexibility index (Phi) is 8.79. The molecule has 1 N–H and O–H groups in total. The molecule has 0 saturated carbocycles. The molecule has 1 atom stereocenters. The molecular formula is C17H36N4O. The van der Waals surface area contributed by atoms with Crippen LogP contribution in [0.5, 0.6) is 0 Å². The minimum Gasteiger partial charge on any atom is -0.384 e. The van der Waals surface area contributed by atoms with E-state index in [9.17, 15) is 0 Å². The summed E-state index contributed by atoms with van der Waals surface area (Å²) >= 11 is 0. The van der Waals surface area contributed by atoms with Gasteiger partial charge >= 0.3 is 0 Å². The molecule has 0 aromatic heterocycles. The lowest BCUT2D eigenvalue weighted by Crippen LogP contribution is -2.42. The van der Waals surface area contributed by atoms with Crippen molar-refractivity contribution >= 4 is 5.96 Å². The first kappa shape index (κ1) is 19.2. The zero-order valence-corrected chi connectivity index (χ0v) is 15.4. The van der Waals surface area contributed by atoms with Gasteiger partial charge in [-0.1, -0.05) is 0 Å². The summed E-state index contributed by atoms with van der Waals surface area (Å²) in [5.41, 5.74) is 0. The number of methoxy groups -OCH3 is 1. The smallest absolute Gasteiger partial charge is 0.193 e. The normalized spacial score (nSPS) is 19.8. The minimum absolute atomic E-state index is 0.565. The van der Waals surface area contributed by atoms with E-state index in [1.807, 2.05) is 0 Å². The lowest BCUT2D eigenvalue weighted by atomic mass is 10.1. The van der Waals surface area contributed by atoms with Crippen LogP contribution in [0.1, 0.15) is 41.0 Å². The summed E-state index contributed by atoms with van der Waals surface area (Å²) in [5, 5.41) is 3.44. The van der Waals surface area contributed by atoms with Crippen LogP contribution in [0.2, 0.25) is 0 Å². The third-order valence-electron chi connectivity index (χ3n) is 4.27. The summed E-state index contributed by atoms with van der Waals surface area (Å²) in [6.45, 7) is 16.9. The standard InChI is InChI=1S/C17H36N4O/c1-7-18-17(20-10-8-16(12-20)13-22-6)19-9-11-21(14(2)3)15(4)5/h14-16H,7-13H2,1-6H3,(H,18,19). The first-order valence-corrected chi connectivity index (χ1v) is 8.77. The highest BCUT2D eigenvalue weighted by atomic mass is 16.5. The van der Waals surface area contributed by atoms with E-state index in [0.717, 1.165) is 45.3 Å². The number of nitrogens with one attached hydrogen (secondary N) is 1. The van der Waals surface area contributed by atoms with Crippen molar-refractivity contribution in [2.24, 2.45) is 10.9 Å². The molecular weight excluding hydrogens is 276 g/mol. The van der Waals surface area contributed by atoms with Gasteiger partial charge in [-0.05, 0) is 41.0 Å². The highest BCUT2D eigenvalue weighted by molar-refractivity contribution is 5.80. The van der Waals surface area contributed by atoms with Crippen molar-refractivity contribution in [1.82, 2.24) is 15.1 Å². The topological polar surface area (TPSA) is 40.1 Å². The first-order valence-electron chi connectivity index (χ1n) is 8.77. The zero-order chi connectivity index (χ0) is 16.5. The molecule has 22 heavy (non-hydrogen) atoms. The van der Waals surface area contributed by atoms with E-state index >= 15 is 0 Å². The van der Waals surface area contributed by atoms with Crippen LogP contribution in [0.15, 0.2) is 4.99 Å². The number of hydrogen-bond donors (Lipinski definition) is 1. The average Bonchev–Trinajstić information content (AvgIpc) is 2.90. The lowest BCUT2D eigenvalue weighted by Gasteiger charge is -2.30. The summed E-state index contributed by atoms with van der Waals surface area (Å²) in [7, 11) is 1.79. The fourth-order valence-electron chi connectivity index (χ4n) is 3.21. The third-order valence-corrected chi connectivity index (χ3v) is 4.27. The fraction of sp³-hybridized carbons (Fsp3) is 0.941. The highest BCUT2D eigenvalue weighted by Gasteiger charge is 2.24. The molecule has 1 heterocycles. The van der Waals surface area contributed by atoms with Gasteiger partial charge < -0.3 is 15.0 Å². The van der Waals surface area contributed by atoms with Crippen molar-refractivity contribution in [1.29, 1.82) is 0 Å². The summed E-state index contributed by atoms with van der Waals surface area (Å²) < 4.78 is 5.29. The van der Waals surface area contributed by atoms with Crippen LogP contribution in [0, 0.1) is 5.92 Å². The molecule has 1 aliphatic rings. The number of ether oxygens (including phenoxy) is 1. The third kappa shape index (κ3) is 6.13. The van der Waals surface area contributed by atoms with Gasteiger partial charge in [0.05, 0.1) is 13.2 Å². The number of nitrogens with zero attached hydrogens (tertiary/aromatic N) is 3. The quantitative estimate of drug-likeness (QED) is 0.550. The molecule has 0 amide bonds. The van der Waals surface area contributed by atoms with Gasteiger partial charge in [0.25, 0.3) is 0 Å². The van der Waals surface area contributed by atoms with Crippen LogP contribution in [-0.2, 0) is 4.74 Å². The van der Waals surface area contributed by atoms with Gasteiger partial charge in [-0.3, -0.25) is 9.89 Å². The van der Waals surface area contributed by atoms with Crippen LogP contribution in [0.25, 0.3) is 0 Å². The molecule has 0 aromatic rings. The molecule has 1 rings (SSSR count). The molecule has 1 fully saturated rings. The Balaban J connectivity index is 2.55. The first-order chi connectivity index (χ1) is 10.5. The highest BCUT2D eigenvalue weighted by Crippen LogP contribution is 2.16. The number of likely N-dealkylation sites (tertiary alicyclic amines) is 1. The second kappa shape index (κ2) is 10.1. The molecule has 1 saturated heterocycles. The van der Waals surface area contributed by atoms with E-state index in [4.69, 9.17) is 9.73 Å². The molecule has 5 nitrogen and oxygen atoms in total. The van der Waals surface area contributed by atoms with E-state index in [1.165, 1.54) is 6.42 Å². The summed E-state index contributed by atoms with van der Waals surface area (Å²) in [4.78, 5) is 9.71. The minimum atomic E-state index is 0.565. The van der Waals surface area contributed by atoms with Crippen molar-refractivity contribution in [3.63, 3.8) is 0 Å². The SMILES string of the molecule is CCNC(=NCCN(C(C)C)C(C)C)N1CCC(COC)C1. The molecule has 130 valence electrons. The van der Waals surface area contributed by atoms with E-state index in [0.29, 0.717) is 18.0 Å². The van der Waals surface area contributed by atoms with E-state index in [1.54, 1.807) is 7.11 Å². The largest absolute Gasteiger partial charge is 0.384 e. The van der Waals surface area contributed by atoms with Crippen molar-refractivity contribution < 1.29 is 4.74 Å². The summed E-state index contributed by atoms with van der Waals surface area (Å²) in [6.07, 6.45) is 1.20. The summed E-state index contributed by atoms with van der Waals surface area (Å²) in [6, 6.07) is 1.13. The van der Waals surface area contributed by atoms with E-state index in [-0.39, 0.29) is 0 Å². The molecule has 0 radical (unpaired) electrons. The van der Waals surface area contributed by atoms with E-state index < -0.39 is 0 Å². The Morgan fingerprint density at radius 3 is 2.55 bits per heavy atom. The number of rotatable bonds is 8.